The number of amides is 1. The minimum absolute atomic E-state index is 0.0595. The zero-order chi connectivity index (χ0) is 13.2. The van der Waals surface area contributed by atoms with Crippen LogP contribution in [0.2, 0.25) is 0 Å². The number of hydrogen-bond donors (Lipinski definition) is 2. The Morgan fingerprint density at radius 2 is 2.22 bits per heavy atom. The molecule has 0 aliphatic carbocycles. The summed E-state index contributed by atoms with van der Waals surface area (Å²) in [6.45, 7) is 4.55. The Morgan fingerprint density at radius 3 is 2.83 bits per heavy atom. The number of nitrogens with one attached hydrogen (secondary N) is 2. The second kappa shape index (κ2) is 5.06. The standard InChI is InChI=1S/C14H19FN2O/c1-10(11-6-3-4-7-12(11)15)17-13(18)14(2)8-5-9-16-14/h3-4,6-7,10,16H,5,8-9H2,1-2H3,(H,17,18)/t10-,14?/m1/s1. The van der Waals surface area contributed by atoms with E-state index in [9.17, 15) is 9.18 Å². The predicted molar refractivity (Wildman–Crippen MR) is 68.6 cm³/mol. The molecule has 0 spiro atoms. The van der Waals surface area contributed by atoms with Crippen molar-refractivity contribution in [1.29, 1.82) is 0 Å². The highest BCUT2D eigenvalue weighted by Crippen LogP contribution is 2.21. The molecular weight excluding hydrogens is 231 g/mol. The monoisotopic (exact) mass is 250 g/mol. The Labute approximate surface area is 107 Å². The minimum Gasteiger partial charge on any atom is -0.348 e. The van der Waals surface area contributed by atoms with Crippen LogP contribution in [0.1, 0.15) is 38.3 Å². The summed E-state index contributed by atoms with van der Waals surface area (Å²) < 4.78 is 13.6. The average molecular weight is 250 g/mol. The maximum absolute atomic E-state index is 13.6. The minimum atomic E-state index is -0.514. The summed E-state index contributed by atoms with van der Waals surface area (Å²) in [7, 11) is 0. The van der Waals surface area contributed by atoms with Gasteiger partial charge in [-0.1, -0.05) is 18.2 Å². The summed E-state index contributed by atoms with van der Waals surface area (Å²) in [4.78, 5) is 12.2. The first-order valence-electron chi connectivity index (χ1n) is 6.33. The summed E-state index contributed by atoms with van der Waals surface area (Å²) in [5.74, 6) is -0.342. The molecule has 4 heteroatoms. The van der Waals surface area contributed by atoms with Crippen LogP contribution in [0.4, 0.5) is 4.39 Å². The molecule has 0 radical (unpaired) electrons. The van der Waals surface area contributed by atoms with Crippen LogP contribution < -0.4 is 10.6 Å². The summed E-state index contributed by atoms with van der Waals surface area (Å²) in [6.07, 6.45) is 1.82. The Hall–Kier alpha value is -1.42. The third-order valence-corrected chi connectivity index (χ3v) is 3.59. The van der Waals surface area contributed by atoms with Gasteiger partial charge in [-0.3, -0.25) is 4.79 Å². The van der Waals surface area contributed by atoms with Crippen LogP contribution in [-0.4, -0.2) is 18.0 Å². The largest absolute Gasteiger partial charge is 0.348 e. The van der Waals surface area contributed by atoms with Crippen molar-refractivity contribution in [2.75, 3.05) is 6.54 Å². The van der Waals surface area contributed by atoms with Crippen LogP contribution >= 0.6 is 0 Å². The summed E-state index contributed by atoms with van der Waals surface area (Å²) >= 11 is 0. The lowest BCUT2D eigenvalue weighted by Gasteiger charge is -2.26. The molecule has 0 aromatic heterocycles. The van der Waals surface area contributed by atoms with Crippen LogP contribution in [0.5, 0.6) is 0 Å². The van der Waals surface area contributed by atoms with Crippen molar-refractivity contribution in [3.05, 3.63) is 35.6 Å². The van der Waals surface area contributed by atoms with Crippen LogP contribution in [0.25, 0.3) is 0 Å². The van der Waals surface area contributed by atoms with E-state index in [1.807, 2.05) is 6.92 Å². The zero-order valence-corrected chi connectivity index (χ0v) is 10.8. The molecule has 98 valence electrons. The lowest BCUT2D eigenvalue weighted by molar-refractivity contribution is -0.127. The van der Waals surface area contributed by atoms with E-state index in [-0.39, 0.29) is 17.8 Å². The molecule has 2 N–H and O–H groups in total. The van der Waals surface area contributed by atoms with E-state index >= 15 is 0 Å². The maximum atomic E-state index is 13.6. The van der Waals surface area contributed by atoms with Gasteiger partial charge in [0.2, 0.25) is 5.91 Å². The van der Waals surface area contributed by atoms with Crippen molar-refractivity contribution in [3.63, 3.8) is 0 Å². The van der Waals surface area contributed by atoms with Crippen molar-refractivity contribution in [2.45, 2.75) is 38.3 Å². The van der Waals surface area contributed by atoms with Crippen molar-refractivity contribution in [1.82, 2.24) is 10.6 Å². The van der Waals surface area contributed by atoms with E-state index in [1.54, 1.807) is 25.1 Å². The number of carbonyl (C=O) groups excluding carboxylic acids is 1. The second-order valence-corrected chi connectivity index (χ2v) is 5.08. The fraction of sp³-hybridized carbons (Fsp3) is 0.500. The van der Waals surface area contributed by atoms with Gasteiger partial charge < -0.3 is 10.6 Å². The third kappa shape index (κ3) is 2.53. The molecule has 1 aliphatic rings. The molecule has 1 aromatic rings. The van der Waals surface area contributed by atoms with Gasteiger partial charge in [-0.2, -0.15) is 0 Å². The Balaban J connectivity index is 2.06. The maximum Gasteiger partial charge on any atom is 0.240 e. The molecule has 1 aromatic carbocycles. The van der Waals surface area contributed by atoms with Crippen molar-refractivity contribution < 1.29 is 9.18 Å². The van der Waals surface area contributed by atoms with E-state index in [4.69, 9.17) is 0 Å². The van der Waals surface area contributed by atoms with Gasteiger partial charge in [0.15, 0.2) is 0 Å². The third-order valence-electron chi connectivity index (χ3n) is 3.59. The van der Waals surface area contributed by atoms with Crippen LogP contribution in [0, 0.1) is 5.82 Å². The molecule has 18 heavy (non-hydrogen) atoms. The molecule has 0 bridgehead atoms. The zero-order valence-electron chi connectivity index (χ0n) is 10.8. The van der Waals surface area contributed by atoms with Gasteiger partial charge in [0.1, 0.15) is 5.82 Å². The molecule has 1 fully saturated rings. The highest BCUT2D eigenvalue weighted by atomic mass is 19.1. The molecule has 1 heterocycles. The molecule has 0 saturated carbocycles. The molecule has 1 amide bonds. The van der Waals surface area contributed by atoms with Gasteiger partial charge in [0.25, 0.3) is 0 Å². The normalized spacial score (nSPS) is 24.8. The fourth-order valence-electron chi connectivity index (χ4n) is 2.35. The first kappa shape index (κ1) is 13.0. The molecule has 1 saturated heterocycles. The Kier molecular flexibility index (Phi) is 3.66. The van der Waals surface area contributed by atoms with E-state index < -0.39 is 5.54 Å². The first-order chi connectivity index (χ1) is 8.53. The van der Waals surface area contributed by atoms with Gasteiger partial charge in [0, 0.05) is 5.56 Å². The lowest BCUT2D eigenvalue weighted by Crippen LogP contribution is -2.51. The number of carbonyl (C=O) groups is 1. The smallest absolute Gasteiger partial charge is 0.240 e. The topological polar surface area (TPSA) is 41.1 Å². The number of benzene rings is 1. The van der Waals surface area contributed by atoms with Crippen molar-refractivity contribution in [2.24, 2.45) is 0 Å². The van der Waals surface area contributed by atoms with E-state index in [1.165, 1.54) is 6.07 Å². The van der Waals surface area contributed by atoms with Gasteiger partial charge in [-0.05, 0) is 39.3 Å². The Morgan fingerprint density at radius 1 is 1.50 bits per heavy atom. The molecule has 3 nitrogen and oxygen atoms in total. The number of hydrogen-bond acceptors (Lipinski definition) is 2. The molecule has 1 unspecified atom stereocenters. The van der Waals surface area contributed by atoms with Crippen LogP contribution in [0.3, 0.4) is 0 Å². The molecule has 1 aliphatic heterocycles. The van der Waals surface area contributed by atoms with Gasteiger partial charge in [0.05, 0.1) is 11.6 Å². The van der Waals surface area contributed by atoms with E-state index in [2.05, 4.69) is 10.6 Å². The molecule has 2 rings (SSSR count). The van der Waals surface area contributed by atoms with Crippen molar-refractivity contribution in [3.8, 4) is 0 Å². The van der Waals surface area contributed by atoms with Crippen LogP contribution in [-0.2, 0) is 4.79 Å². The van der Waals surface area contributed by atoms with E-state index in [0.29, 0.717) is 5.56 Å². The highest BCUT2D eigenvalue weighted by molar-refractivity contribution is 5.86. The lowest BCUT2D eigenvalue weighted by atomic mass is 9.98. The average Bonchev–Trinajstić information content (AvgIpc) is 2.78. The molecule has 2 atom stereocenters. The summed E-state index contributed by atoms with van der Waals surface area (Å²) in [6, 6.07) is 6.21. The SMILES string of the molecule is C[C@@H](NC(=O)C1(C)CCCN1)c1ccccc1F. The Bertz CT molecular complexity index is 441. The van der Waals surface area contributed by atoms with Crippen LogP contribution in [0.15, 0.2) is 24.3 Å². The first-order valence-corrected chi connectivity index (χ1v) is 6.33. The summed E-state index contributed by atoms with van der Waals surface area (Å²) in [5, 5.41) is 6.08. The van der Waals surface area contributed by atoms with E-state index in [0.717, 1.165) is 19.4 Å². The number of rotatable bonds is 3. The predicted octanol–water partition coefficient (Wildman–Crippen LogP) is 2.14. The quantitative estimate of drug-likeness (QED) is 0.863. The van der Waals surface area contributed by atoms with Gasteiger partial charge in [-0.25, -0.2) is 4.39 Å². The second-order valence-electron chi connectivity index (χ2n) is 5.08. The fourth-order valence-corrected chi connectivity index (χ4v) is 2.35. The van der Waals surface area contributed by atoms with Crippen molar-refractivity contribution >= 4 is 5.91 Å². The number of halogens is 1. The summed E-state index contributed by atoms with van der Waals surface area (Å²) in [5.41, 5.74) is 0.00642. The van der Waals surface area contributed by atoms with Gasteiger partial charge >= 0.3 is 0 Å². The molecular formula is C14H19FN2O. The highest BCUT2D eigenvalue weighted by Gasteiger charge is 2.36. The van der Waals surface area contributed by atoms with Gasteiger partial charge in [-0.15, -0.1) is 0 Å².